The fourth-order valence-electron chi connectivity index (χ4n) is 1.96. The van der Waals surface area contributed by atoms with E-state index in [2.05, 4.69) is 9.98 Å². The number of hydrogen-bond donors (Lipinski definition) is 1. The number of nitrogens with zero attached hydrogens (tertiary/aromatic N) is 1. The molecule has 0 aliphatic heterocycles. The van der Waals surface area contributed by atoms with E-state index >= 15 is 0 Å². The first kappa shape index (κ1) is 13.5. The Balaban J connectivity index is 2.05. The third kappa shape index (κ3) is 2.42. The van der Waals surface area contributed by atoms with Gasteiger partial charge in [-0.2, -0.15) is 0 Å². The van der Waals surface area contributed by atoms with Gasteiger partial charge in [0, 0.05) is 10.9 Å². The molecule has 20 heavy (non-hydrogen) atoms. The molecule has 1 N–H and O–H groups in total. The van der Waals surface area contributed by atoms with Crippen LogP contribution in [0.25, 0.3) is 10.9 Å². The van der Waals surface area contributed by atoms with Gasteiger partial charge in [-0.25, -0.2) is 0 Å². The van der Waals surface area contributed by atoms with Crippen LogP contribution in [0, 0.1) is 0 Å². The Morgan fingerprint density at radius 3 is 2.30 bits per heavy atom. The molecule has 100 valence electrons. The Morgan fingerprint density at radius 1 is 0.900 bits per heavy atom. The minimum Gasteiger partial charge on any atom is -0.352 e. The lowest BCUT2D eigenvalue weighted by atomic mass is 10.2. The number of aromatic nitrogens is 1. The molecular formula is C15H9Cl3N2. The fraction of sp³-hybridized carbons (Fsp3) is 0. The van der Waals surface area contributed by atoms with Gasteiger partial charge in [-0.05, 0) is 18.2 Å². The van der Waals surface area contributed by atoms with E-state index < -0.39 is 0 Å². The van der Waals surface area contributed by atoms with Crippen molar-refractivity contribution in [2.75, 3.05) is 0 Å². The zero-order valence-corrected chi connectivity index (χ0v) is 12.5. The number of halogens is 3. The highest BCUT2D eigenvalue weighted by Gasteiger charge is 2.08. The highest BCUT2D eigenvalue weighted by molar-refractivity contribution is 6.39. The number of aromatic amines is 1. The van der Waals surface area contributed by atoms with Crippen LogP contribution in [-0.4, -0.2) is 11.2 Å². The zero-order chi connectivity index (χ0) is 14.1. The van der Waals surface area contributed by atoms with E-state index in [1.807, 2.05) is 24.3 Å². The largest absolute Gasteiger partial charge is 0.352 e. The standard InChI is InChI=1S/C15H9Cl3N2/c16-10-5-3-6-11(17)15(10)19-8-13-14(18)9-4-1-2-7-12(9)20-13/h1-8,20H. The number of rotatable bonds is 2. The number of fused-ring (bicyclic) bond motifs is 1. The SMILES string of the molecule is Clc1cccc(Cl)c1N=Cc1[nH]c2ccccc2c1Cl. The lowest BCUT2D eigenvalue weighted by molar-refractivity contribution is 1.42. The van der Waals surface area contributed by atoms with Crippen LogP contribution in [0.4, 0.5) is 5.69 Å². The van der Waals surface area contributed by atoms with Crippen LogP contribution in [0.5, 0.6) is 0 Å². The summed E-state index contributed by atoms with van der Waals surface area (Å²) in [6, 6.07) is 13.1. The molecule has 2 nitrogen and oxygen atoms in total. The van der Waals surface area contributed by atoms with Crippen LogP contribution in [0.2, 0.25) is 15.1 Å². The van der Waals surface area contributed by atoms with Crippen molar-refractivity contribution in [2.24, 2.45) is 4.99 Å². The van der Waals surface area contributed by atoms with Crippen molar-refractivity contribution in [2.45, 2.75) is 0 Å². The molecule has 0 amide bonds. The Bertz CT molecular complexity index is 786. The number of para-hydroxylation sites is 2. The molecule has 0 aliphatic carbocycles. The summed E-state index contributed by atoms with van der Waals surface area (Å²) < 4.78 is 0. The van der Waals surface area contributed by atoms with Crippen molar-refractivity contribution in [1.82, 2.24) is 4.98 Å². The van der Waals surface area contributed by atoms with E-state index in [1.165, 1.54) is 0 Å². The summed E-state index contributed by atoms with van der Waals surface area (Å²) in [6.07, 6.45) is 1.63. The second-order valence-electron chi connectivity index (χ2n) is 4.23. The maximum atomic E-state index is 6.31. The molecule has 0 bridgehead atoms. The van der Waals surface area contributed by atoms with Crippen LogP contribution < -0.4 is 0 Å². The van der Waals surface area contributed by atoms with Gasteiger partial charge in [0.2, 0.25) is 0 Å². The Hall–Kier alpha value is -1.48. The van der Waals surface area contributed by atoms with Crippen molar-refractivity contribution >= 4 is 57.6 Å². The molecule has 0 fully saturated rings. The first-order chi connectivity index (χ1) is 9.66. The predicted molar refractivity (Wildman–Crippen MR) is 87.0 cm³/mol. The molecule has 0 spiro atoms. The highest BCUT2D eigenvalue weighted by atomic mass is 35.5. The van der Waals surface area contributed by atoms with Crippen molar-refractivity contribution in [3.63, 3.8) is 0 Å². The Kier molecular flexibility index (Phi) is 3.70. The molecule has 3 aromatic rings. The number of hydrogen-bond acceptors (Lipinski definition) is 1. The Morgan fingerprint density at radius 2 is 1.60 bits per heavy atom. The number of benzene rings is 2. The molecule has 0 saturated carbocycles. The van der Waals surface area contributed by atoms with Gasteiger partial charge in [-0.3, -0.25) is 4.99 Å². The van der Waals surface area contributed by atoms with Gasteiger partial charge >= 0.3 is 0 Å². The van der Waals surface area contributed by atoms with Gasteiger partial charge in [-0.1, -0.05) is 59.1 Å². The number of aliphatic imine (C=N–C) groups is 1. The molecule has 0 unspecified atom stereocenters. The summed E-state index contributed by atoms with van der Waals surface area (Å²) in [6.45, 7) is 0. The monoisotopic (exact) mass is 322 g/mol. The van der Waals surface area contributed by atoms with Gasteiger partial charge in [0.05, 0.1) is 27.0 Å². The first-order valence-electron chi connectivity index (χ1n) is 5.91. The van der Waals surface area contributed by atoms with E-state index in [-0.39, 0.29) is 0 Å². The molecule has 1 aromatic heterocycles. The second kappa shape index (κ2) is 5.49. The topological polar surface area (TPSA) is 28.1 Å². The summed E-state index contributed by atoms with van der Waals surface area (Å²) in [4.78, 5) is 7.53. The average molecular weight is 324 g/mol. The quantitative estimate of drug-likeness (QED) is 0.571. The maximum Gasteiger partial charge on any atom is 0.100 e. The summed E-state index contributed by atoms with van der Waals surface area (Å²) in [5, 5.41) is 2.59. The van der Waals surface area contributed by atoms with Gasteiger partial charge in [0.15, 0.2) is 0 Å². The van der Waals surface area contributed by atoms with Crippen molar-refractivity contribution < 1.29 is 0 Å². The van der Waals surface area contributed by atoms with Gasteiger partial charge < -0.3 is 4.98 Å². The van der Waals surface area contributed by atoms with Crippen LogP contribution in [0.3, 0.4) is 0 Å². The summed E-state index contributed by atoms with van der Waals surface area (Å²) in [5.74, 6) is 0. The molecule has 0 atom stereocenters. The van der Waals surface area contributed by atoms with E-state index in [0.29, 0.717) is 20.8 Å². The van der Waals surface area contributed by atoms with E-state index in [9.17, 15) is 0 Å². The molecule has 0 radical (unpaired) electrons. The minimum atomic E-state index is 0.501. The molecule has 3 rings (SSSR count). The summed E-state index contributed by atoms with van der Waals surface area (Å²) >= 11 is 18.5. The number of nitrogens with one attached hydrogen (secondary N) is 1. The van der Waals surface area contributed by atoms with E-state index in [1.54, 1.807) is 24.4 Å². The first-order valence-corrected chi connectivity index (χ1v) is 7.04. The van der Waals surface area contributed by atoms with Crippen LogP contribution >= 0.6 is 34.8 Å². The van der Waals surface area contributed by atoms with Crippen LogP contribution in [0.15, 0.2) is 47.5 Å². The van der Waals surface area contributed by atoms with Crippen molar-refractivity contribution in [3.8, 4) is 0 Å². The third-order valence-corrected chi connectivity index (χ3v) is 3.95. The lowest BCUT2D eigenvalue weighted by Crippen LogP contribution is -1.81. The molecular weight excluding hydrogens is 315 g/mol. The van der Waals surface area contributed by atoms with Crippen LogP contribution in [0.1, 0.15) is 5.69 Å². The molecule has 1 heterocycles. The average Bonchev–Trinajstić information content (AvgIpc) is 2.76. The summed E-state index contributed by atoms with van der Waals surface area (Å²) in [5.41, 5.74) is 2.22. The van der Waals surface area contributed by atoms with Crippen LogP contribution in [-0.2, 0) is 0 Å². The summed E-state index contributed by atoms with van der Waals surface area (Å²) in [7, 11) is 0. The molecule has 0 saturated heterocycles. The molecule has 0 aliphatic rings. The Labute approximate surface area is 131 Å². The molecule has 2 aromatic carbocycles. The normalized spacial score (nSPS) is 11.6. The number of H-pyrrole nitrogens is 1. The van der Waals surface area contributed by atoms with Gasteiger partial charge in [0.25, 0.3) is 0 Å². The minimum absolute atomic E-state index is 0.501. The third-order valence-electron chi connectivity index (χ3n) is 2.93. The molecule has 5 heteroatoms. The zero-order valence-electron chi connectivity index (χ0n) is 10.2. The maximum absolute atomic E-state index is 6.31. The van der Waals surface area contributed by atoms with E-state index in [0.717, 1.165) is 16.6 Å². The lowest BCUT2D eigenvalue weighted by Gasteiger charge is -1.99. The highest BCUT2D eigenvalue weighted by Crippen LogP contribution is 2.33. The van der Waals surface area contributed by atoms with Gasteiger partial charge in [0.1, 0.15) is 5.69 Å². The van der Waals surface area contributed by atoms with E-state index in [4.69, 9.17) is 34.8 Å². The van der Waals surface area contributed by atoms with Crippen molar-refractivity contribution in [3.05, 3.63) is 63.2 Å². The smallest absolute Gasteiger partial charge is 0.100 e. The second-order valence-corrected chi connectivity index (χ2v) is 5.42. The fourth-order valence-corrected chi connectivity index (χ4v) is 2.71. The van der Waals surface area contributed by atoms with Crippen molar-refractivity contribution in [1.29, 1.82) is 0 Å². The predicted octanol–water partition coefficient (Wildman–Crippen LogP) is 5.88. The van der Waals surface area contributed by atoms with Gasteiger partial charge in [-0.15, -0.1) is 0 Å².